The topological polar surface area (TPSA) is 32.3 Å². The summed E-state index contributed by atoms with van der Waals surface area (Å²) in [6.07, 6.45) is 3.08. The van der Waals surface area contributed by atoms with Gasteiger partial charge in [-0.2, -0.15) is 0 Å². The van der Waals surface area contributed by atoms with Crippen LogP contribution in [-0.4, -0.2) is 30.9 Å². The van der Waals surface area contributed by atoms with Gasteiger partial charge in [0.1, 0.15) is 0 Å². The lowest BCUT2D eigenvalue weighted by atomic mass is 9.82. The first kappa shape index (κ1) is 16.8. The Labute approximate surface area is 140 Å². The molecule has 1 aromatic rings. The third kappa shape index (κ3) is 4.44. The molecule has 1 amide bonds. The third-order valence-electron chi connectivity index (χ3n) is 4.30. The predicted octanol–water partition coefficient (Wildman–Crippen LogP) is 4.41. The highest BCUT2D eigenvalue weighted by molar-refractivity contribution is 9.10. The molecule has 1 saturated heterocycles. The van der Waals surface area contributed by atoms with E-state index in [2.05, 4.69) is 40.1 Å². The number of carbonyl (C=O) groups excluding carboxylic acids is 1. The Morgan fingerprint density at radius 3 is 2.71 bits per heavy atom. The number of amides is 1. The summed E-state index contributed by atoms with van der Waals surface area (Å²) in [5, 5.41) is 3.62. The van der Waals surface area contributed by atoms with Crippen LogP contribution in [0.3, 0.4) is 0 Å². The summed E-state index contributed by atoms with van der Waals surface area (Å²) < 4.78 is 0.838. The van der Waals surface area contributed by atoms with Crippen molar-refractivity contribution in [1.29, 1.82) is 0 Å². The van der Waals surface area contributed by atoms with Crippen LogP contribution in [0.1, 0.15) is 26.2 Å². The number of halogens is 2. The van der Waals surface area contributed by atoms with E-state index in [1.807, 2.05) is 12.1 Å². The van der Waals surface area contributed by atoms with Gasteiger partial charge in [0.2, 0.25) is 5.91 Å². The molecule has 1 aliphatic heterocycles. The summed E-state index contributed by atoms with van der Waals surface area (Å²) in [6, 6.07) is 5.51. The molecular formula is C16H22BrClN2O. The van der Waals surface area contributed by atoms with Crippen LogP contribution >= 0.6 is 27.5 Å². The maximum absolute atomic E-state index is 12.5. The second-order valence-corrected chi connectivity index (χ2v) is 7.04. The molecule has 0 bridgehead atoms. The van der Waals surface area contributed by atoms with Crippen molar-refractivity contribution in [3.63, 3.8) is 0 Å². The molecule has 1 atom stereocenters. The van der Waals surface area contributed by atoms with Gasteiger partial charge in [-0.15, -0.1) is 0 Å². The van der Waals surface area contributed by atoms with Crippen LogP contribution in [-0.2, 0) is 4.79 Å². The summed E-state index contributed by atoms with van der Waals surface area (Å²) in [5.41, 5.74) is 0.763. The number of anilines is 1. The standard InChI is InChI=1S/C16H22BrClN2O/c1-3-13(11-6-8-20(2)9-7-11)16(21)19-12-4-5-14(17)15(18)10-12/h4-5,10-11,13H,3,6-9H2,1-2H3,(H,19,21). The van der Waals surface area contributed by atoms with Crippen LogP contribution < -0.4 is 5.32 Å². The maximum Gasteiger partial charge on any atom is 0.227 e. The van der Waals surface area contributed by atoms with E-state index in [0.717, 1.165) is 42.5 Å². The van der Waals surface area contributed by atoms with Crippen molar-refractivity contribution >= 4 is 39.1 Å². The number of hydrogen-bond donors (Lipinski definition) is 1. The molecule has 1 N–H and O–H groups in total. The van der Waals surface area contributed by atoms with Crippen molar-refractivity contribution < 1.29 is 4.79 Å². The highest BCUT2D eigenvalue weighted by Gasteiger charge is 2.29. The van der Waals surface area contributed by atoms with Gasteiger partial charge in [0.05, 0.1) is 5.02 Å². The highest BCUT2D eigenvalue weighted by atomic mass is 79.9. The van der Waals surface area contributed by atoms with E-state index in [0.29, 0.717) is 10.9 Å². The van der Waals surface area contributed by atoms with E-state index in [1.54, 1.807) is 6.07 Å². The van der Waals surface area contributed by atoms with E-state index in [1.165, 1.54) is 0 Å². The molecular weight excluding hydrogens is 352 g/mol. The lowest BCUT2D eigenvalue weighted by Gasteiger charge is -2.33. The molecule has 0 aliphatic carbocycles. The van der Waals surface area contributed by atoms with Crippen LogP contribution in [0.2, 0.25) is 5.02 Å². The molecule has 0 aromatic heterocycles. The van der Waals surface area contributed by atoms with Crippen LogP contribution in [0.15, 0.2) is 22.7 Å². The average Bonchev–Trinajstić information content (AvgIpc) is 2.46. The number of rotatable bonds is 4. The molecule has 116 valence electrons. The number of carbonyl (C=O) groups is 1. The molecule has 2 rings (SSSR count). The SMILES string of the molecule is CCC(C(=O)Nc1ccc(Br)c(Cl)c1)C1CCN(C)CC1. The number of nitrogens with one attached hydrogen (secondary N) is 1. The van der Waals surface area contributed by atoms with E-state index in [9.17, 15) is 4.79 Å². The van der Waals surface area contributed by atoms with Gasteiger partial charge < -0.3 is 10.2 Å². The lowest BCUT2D eigenvalue weighted by molar-refractivity contribution is -0.122. The minimum Gasteiger partial charge on any atom is -0.326 e. The van der Waals surface area contributed by atoms with Gasteiger partial charge in [0, 0.05) is 16.1 Å². The second-order valence-electron chi connectivity index (χ2n) is 5.77. The van der Waals surface area contributed by atoms with Crippen molar-refractivity contribution in [2.45, 2.75) is 26.2 Å². The number of nitrogens with zero attached hydrogens (tertiary/aromatic N) is 1. The van der Waals surface area contributed by atoms with Crippen LogP contribution in [0.5, 0.6) is 0 Å². The Balaban J connectivity index is 2.01. The Bertz CT molecular complexity index is 501. The molecule has 0 radical (unpaired) electrons. The Morgan fingerprint density at radius 2 is 2.14 bits per heavy atom. The second kappa shape index (κ2) is 7.61. The number of hydrogen-bond acceptors (Lipinski definition) is 2. The lowest BCUT2D eigenvalue weighted by Crippen LogP contribution is -2.37. The van der Waals surface area contributed by atoms with E-state index in [-0.39, 0.29) is 11.8 Å². The van der Waals surface area contributed by atoms with Gasteiger partial charge in [-0.3, -0.25) is 4.79 Å². The summed E-state index contributed by atoms with van der Waals surface area (Å²) in [6.45, 7) is 4.26. The molecule has 1 fully saturated rings. The van der Waals surface area contributed by atoms with Gasteiger partial charge in [0.25, 0.3) is 0 Å². The first-order chi connectivity index (χ1) is 10.0. The van der Waals surface area contributed by atoms with E-state index in [4.69, 9.17) is 11.6 Å². The normalized spacial score (nSPS) is 18.5. The van der Waals surface area contributed by atoms with Crippen LogP contribution in [0.25, 0.3) is 0 Å². The van der Waals surface area contributed by atoms with Crippen molar-refractivity contribution in [3.8, 4) is 0 Å². The fourth-order valence-corrected chi connectivity index (χ4v) is 3.40. The van der Waals surface area contributed by atoms with E-state index >= 15 is 0 Å². The number of benzene rings is 1. The summed E-state index contributed by atoms with van der Waals surface area (Å²) in [5.74, 6) is 0.684. The molecule has 0 spiro atoms. The number of likely N-dealkylation sites (tertiary alicyclic amines) is 1. The van der Waals surface area contributed by atoms with Gasteiger partial charge in [-0.1, -0.05) is 18.5 Å². The highest BCUT2D eigenvalue weighted by Crippen LogP contribution is 2.29. The van der Waals surface area contributed by atoms with Crippen molar-refractivity contribution in [2.24, 2.45) is 11.8 Å². The molecule has 1 heterocycles. The molecule has 3 nitrogen and oxygen atoms in total. The summed E-state index contributed by atoms with van der Waals surface area (Å²) in [7, 11) is 2.14. The first-order valence-corrected chi connectivity index (χ1v) is 8.62. The summed E-state index contributed by atoms with van der Waals surface area (Å²) >= 11 is 9.43. The van der Waals surface area contributed by atoms with Crippen molar-refractivity contribution in [1.82, 2.24) is 4.90 Å². The Hall–Kier alpha value is -0.580. The molecule has 5 heteroatoms. The van der Waals surface area contributed by atoms with Crippen molar-refractivity contribution in [3.05, 3.63) is 27.7 Å². The zero-order valence-corrected chi connectivity index (χ0v) is 14.9. The predicted molar refractivity (Wildman–Crippen MR) is 91.8 cm³/mol. The monoisotopic (exact) mass is 372 g/mol. The minimum absolute atomic E-state index is 0.0844. The van der Waals surface area contributed by atoms with Crippen molar-refractivity contribution in [2.75, 3.05) is 25.5 Å². The zero-order chi connectivity index (χ0) is 15.4. The quantitative estimate of drug-likeness (QED) is 0.848. The zero-order valence-electron chi connectivity index (χ0n) is 12.5. The number of piperidine rings is 1. The van der Waals surface area contributed by atoms with Crippen LogP contribution in [0.4, 0.5) is 5.69 Å². The van der Waals surface area contributed by atoms with Gasteiger partial charge >= 0.3 is 0 Å². The van der Waals surface area contributed by atoms with Gasteiger partial charge in [-0.05, 0) is 79.4 Å². The van der Waals surface area contributed by atoms with E-state index < -0.39 is 0 Å². The molecule has 1 unspecified atom stereocenters. The Morgan fingerprint density at radius 1 is 1.48 bits per heavy atom. The summed E-state index contributed by atoms with van der Waals surface area (Å²) in [4.78, 5) is 14.9. The smallest absolute Gasteiger partial charge is 0.227 e. The maximum atomic E-state index is 12.5. The molecule has 21 heavy (non-hydrogen) atoms. The first-order valence-electron chi connectivity index (χ1n) is 7.45. The van der Waals surface area contributed by atoms with Gasteiger partial charge in [-0.25, -0.2) is 0 Å². The largest absolute Gasteiger partial charge is 0.326 e. The molecule has 1 aromatic carbocycles. The molecule has 0 saturated carbocycles. The van der Waals surface area contributed by atoms with Gasteiger partial charge in [0.15, 0.2) is 0 Å². The fraction of sp³-hybridized carbons (Fsp3) is 0.562. The minimum atomic E-state index is 0.0844. The Kier molecular flexibility index (Phi) is 6.08. The third-order valence-corrected chi connectivity index (χ3v) is 5.53. The average molecular weight is 374 g/mol. The fourth-order valence-electron chi connectivity index (χ4n) is 2.97. The van der Waals surface area contributed by atoms with Crippen LogP contribution in [0, 0.1) is 11.8 Å². The molecule has 1 aliphatic rings.